The van der Waals surface area contributed by atoms with Crippen LogP contribution in [-0.4, -0.2) is 31.7 Å². The number of benzene rings is 1. The summed E-state index contributed by atoms with van der Waals surface area (Å²) >= 11 is 0. The molecule has 0 aromatic heterocycles. The van der Waals surface area contributed by atoms with Crippen LogP contribution in [0.1, 0.15) is 32.6 Å². The van der Waals surface area contributed by atoms with Gasteiger partial charge in [0, 0.05) is 13.1 Å². The first kappa shape index (κ1) is 15.6. The van der Waals surface area contributed by atoms with Crippen LogP contribution in [0.2, 0.25) is 0 Å². The molecule has 0 amide bonds. The fourth-order valence-electron chi connectivity index (χ4n) is 2.49. The van der Waals surface area contributed by atoms with E-state index in [0.29, 0.717) is 18.3 Å². The zero-order chi connectivity index (χ0) is 15.1. The monoisotopic (exact) mass is 293 g/mol. The fraction of sp³-hybridized carbons (Fsp3) is 0.562. The van der Waals surface area contributed by atoms with Gasteiger partial charge in [-0.1, -0.05) is 12.8 Å². The molecule has 0 heterocycles. The van der Waals surface area contributed by atoms with Crippen LogP contribution in [0.5, 0.6) is 5.75 Å². The molecular formula is C16H24FN3O. The second kappa shape index (κ2) is 7.86. The van der Waals surface area contributed by atoms with Gasteiger partial charge >= 0.3 is 0 Å². The van der Waals surface area contributed by atoms with Gasteiger partial charge in [0.05, 0.1) is 6.54 Å². The molecule has 0 aliphatic heterocycles. The molecule has 1 fully saturated rings. The van der Waals surface area contributed by atoms with Crippen LogP contribution in [0.15, 0.2) is 29.3 Å². The minimum atomic E-state index is -0.255. The van der Waals surface area contributed by atoms with E-state index in [9.17, 15) is 4.39 Å². The van der Waals surface area contributed by atoms with Crippen molar-refractivity contribution in [2.45, 2.75) is 44.8 Å². The van der Waals surface area contributed by atoms with E-state index < -0.39 is 0 Å². The second-order valence-electron chi connectivity index (χ2n) is 5.46. The molecule has 0 radical (unpaired) electrons. The Bertz CT molecular complexity index is 455. The lowest BCUT2D eigenvalue weighted by molar-refractivity contribution is 0.223. The summed E-state index contributed by atoms with van der Waals surface area (Å²) in [7, 11) is 1.77. The number of nitrogens with zero attached hydrogens (tertiary/aromatic N) is 1. The van der Waals surface area contributed by atoms with Gasteiger partial charge in [-0.05, 0) is 44.0 Å². The quantitative estimate of drug-likeness (QED) is 0.648. The Kier molecular flexibility index (Phi) is 5.84. The summed E-state index contributed by atoms with van der Waals surface area (Å²) in [5.74, 6) is 1.23. The van der Waals surface area contributed by atoms with Crippen molar-refractivity contribution in [3.8, 4) is 5.75 Å². The number of hydrogen-bond donors (Lipinski definition) is 2. The maximum absolute atomic E-state index is 12.8. The van der Waals surface area contributed by atoms with Gasteiger partial charge in [-0.2, -0.15) is 0 Å². The SMILES string of the molecule is CN=C(NCC(C)Oc1ccc(F)cc1)NC1CCCC1. The number of aliphatic imine (C=N–C) groups is 1. The topological polar surface area (TPSA) is 45.7 Å². The van der Waals surface area contributed by atoms with Crippen molar-refractivity contribution in [1.29, 1.82) is 0 Å². The van der Waals surface area contributed by atoms with E-state index in [1.165, 1.54) is 37.8 Å². The zero-order valence-corrected chi connectivity index (χ0v) is 12.7. The third-order valence-corrected chi connectivity index (χ3v) is 3.63. The number of nitrogens with one attached hydrogen (secondary N) is 2. The molecule has 21 heavy (non-hydrogen) atoms. The Labute approximate surface area is 125 Å². The van der Waals surface area contributed by atoms with Gasteiger partial charge in [0.2, 0.25) is 0 Å². The summed E-state index contributed by atoms with van der Waals surface area (Å²) < 4.78 is 18.5. The highest BCUT2D eigenvalue weighted by Gasteiger charge is 2.16. The van der Waals surface area contributed by atoms with Crippen molar-refractivity contribution in [3.63, 3.8) is 0 Å². The second-order valence-corrected chi connectivity index (χ2v) is 5.46. The normalized spacial score (nSPS) is 17.6. The lowest BCUT2D eigenvalue weighted by atomic mass is 10.2. The van der Waals surface area contributed by atoms with Crippen molar-refractivity contribution in [2.75, 3.05) is 13.6 Å². The molecule has 1 saturated carbocycles. The Morgan fingerprint density at radius 1 is 1.33 bits per heavy atom. The molecule has 116 valence electrons. The van der Waals surface area contributed by atoms with Gasteiger partial charge in [-0.25, -0.2) is 4.39 Å². The van der Waals surface area contributed by atoms with Crippen LogP contribution in [-0.2, 0) is 0 Å². The summed E-state index contributed by atoms with van der Waals surface area (Å²) in [6, 6.07) is 6.60. The van der Waals surface area contributed by atoms with E-state index in [2.05, 4.69) is 15.6 Å². The Hall–Kier alpha value is -1.78. The maximum atomic E-state index is 12.8. The fourth-order valence-corrected chi connectivity index (χ4v) is 2.49. The van der Waals surface area contributed by atoms with Crippen LogP contribution in [0.25, 0.3) is 0 Å². The molecule has 5 heteroatoms. The van der Waals surface area contributed by atoms with Crippen molar-refractivity contribution in [1.82, 2.24) is 10.6 Å². The van der Waals surface area contributed by atoms with E-state index in [4.69, 9.17) is 4.74 Å². The van der Waals surface area contributed by atoms with E-state index >= 15 is 0 Å². The molecule has 2 rings (SSSR count). The number of guanidine groups is 1. The van der Waals surface area contributed by atoms with E-state index in [1.54, 1.807) is 19.2 Å². The zero-order valence-electron chi connectivity index (χ0n) is 12.7. The number of hydrogen-bond acceptors (Lipinski definition) is 2. The largest absolute Gasteiger partial charge is 0.489 e. The first-order valence-electron chi connectivity index (χ1n) is 7.57. The summed E-state index contributed by atoms with van der Waals surface area (Å²) in [5.41, 5.74) is 0. The molecule has 1 aromatic carbocycles. The standard InChI is InChI=1S/C16H24FN3O/c1-12(21-15-9-7-13(17)8-10-15)11-19-16(18-2)20-14-5-3-4-6-14/h7-10,12,14H,3-6,11H2,1-2H3,(H2,18,19,20). The molecule has 0 bridgehead atoms. The molecule has 0 saturated heterocycles. The van der Waals surface area contributed by atoms with Crippen LogP contribution in [0, 0.1) is 5.82 Å². The van der Waals surface area contributed by atoms with Gasteiger partial charge < -0.3 is 15.4 Å². The van der Waals surface area contributed by atoms with Crippen molar-refractivity contribution >= 4 is 5.96 Å². The summed E-state index contributed by atoms with van der Waals surface area (Å²) in [4.78, 5) is 4.23. The van der Waals surface area contributed by atoms with Crippen molar-refractivity contribution < 1.29 is 9.13 Å². The highest BCUT2D eigenvalue weighted by molar-refractivity contribution is 5.80. The summed E-state index contributed by atoms with van der Waals surface area (Å²) in [5, 5.41) is 6.69. The van der Waals surface area contributed by atoms with Gasteiger partial charge in [0.15, 0.2) is 5.96 Å². The first-order valence-corrected chi connectivity index (χ1v) is 7.57. The third kappa shape index (κ3) is 5.25. The van der Waals surface area contributed by atoms with E-state index in [-0.39, 0.29) is 11.9 Å². The Balaban J connectivity index is 1.73. The summed E-state index contributed by atoms with van der Waals surface area (Å²) in [6.45, 7) is 2.61. The average molecular weight is 293 g/mol. The number of ether oxygens (including phenoxy) is 1. The Morgan fingerprint density at radius 2 is 2.00 bits per heavy atom. The lowest BCUT2D eigenvalue weighted by Crippen LogP contribution is -2.45. The predicted molar refractivity (Wildman–Crippen MR) is 83.2 cm³/mol. The van der Waals surface area contributed by atoms with Crippen LogP contribution in [0.4, 0.5) is 4.39 Å². The van der Waals surface area contributed by atoms with E-state index in [0.717, 1.165) is 5.96 Å². The average Bonchev–Trinajstić information content (AvgIpc) is 2.99. The van der Waals surface area contributed by atoms with Gasteiger partial charge in [-0.3, -0.25) is 4.99 Å². The van der Waals surface area contributed by atoms with Gasteiger partial charge in [-0.15, -0.1) is 0 Å². The highest BCUT2D eigenvalue weighted by atomic mass is 19.1. The van der Waals surface area contributed by atoms with Gasteiger partial charge in [0.1, 0.15) is 17.7 Å². The highest BCUT2D eigenvalue weighted by Crippen LogP contribution is 2.17. The summed E-state index contributed by atoms with van der Waals surface area (Å²) in [6.07, 6.45) is 4.97. The molecule has 0 spiro atoms. The van der Waals surface area contributed by atoms with E-state index in [1.807, 2.05) is 6.92 Å². The minimum Gasteiger partial charge on any atom is -0.489 e. The molecule has 1 unspecified atom stereocenters. The molecule has 2 N–H and O–H groups in total. The minimum absolute atomic E-state index is 0.0300. The molecule has 1 aliphatic rings. The number of rotatable bonds is 5. The predicted octanol–water partition coefficient (Wildman–Crippen LogP) is 2.70. The number of halogens is 1. The van der Waals surface area contributed by atoms with Crippen LogP contribution < -0.4 is 15.4 Å². The smallest absolute Gasteiger partial charge is 0.191 e. The van der Waals surface area contributed by atoms with Crippen molar-refractivity contribution in [3.05, 3.63) is 30.1 Å². The molecule has 1 atom stereocenters. The lowest BCUT2D eigenvalue weighted by Gasteiger charge is -2.20. The molecule has 1 aliphatic carbocycles. The molecule has 4 nitrogen and oxygen atoms in total. The first-order chi connectivity index (χ1) is 10.2. The third-order valence-electron chi connectivity index (χ3n) is 3.63. The molecular weight excluding hydrogens is 269 g/mol. The Morgan fingerprint density at radius 3 is 2.62 bits per heavy atom. The van der Waals surface area contributed by atoms with Crippen LogP contribution in [0.3, 0.4) is 0 Å². The van der Waals surface area contributed by atoms with Crippen molar-refractivity contribution in [2.24, 2.45) is 4.99 Å². The maximum Gasteiger partial charge on any atom is 0.191 e. The molecule has 1 aromatic rings. The van der Waals surface area contributed by atoms with Gasteiger partial charge in [0.25, 0.3) is 0 Å². The van der Waals surface area contributed by atoms with Crippen LogP contribution >= 0.6 is 0 Å².